The topological polar surface area (TPSA) is 105 Å². The van der Waals surface area contributed by atoms with Crippen molar-refractivity contribution in [3.63, 3.8) is 0 Å². The first-order valence-electron chi connectivity index (χ1n) is 10.7. The van der Waals surface area contributed by atoms with Gasteiger partial charge < -0.3 is 24.3 Å². The van der Waals surface area contributed by atoms with Gasteiger partial charge >= 0.3 is 6.16 Å². The lowest BCUT2D eigenvalue weighted by atomic mass is 10.1. The number of pyridine rings is 1. The molecule has 4 rings (SSSR count). The molecular formula is C25H23FN4O5. The Morgan fingerprint density at radius 3 is 2.60 bits per heavy atom. The molecular weight excluding hydrogens is 455 g/mol. The quantitative estimate of drug-likeness (QED) is 0.277. The van der Waals surface area contributed by atoms with E-state index in [4.69, 9.17) is 14.2 Å². The van der Waals surface area contributed by atoms with Crippen LogP contribution in [0.1, 0.15) is 11.1 Å². The van der Waals surface area contributed by atoms with E-state index in [2.05, 4.69) is 25.0 Å². The molecule has 0 radical (unpaired) electrons. The zero-order valence-corrected chi connectivity index (χ0v) is 19.4. The van der Waals surface area contributed by atoms with Gasteiger partial charge in [-0.15, -0.1) is 0 Å². The van der Waals surface area contributed by atoms with Crippen LogP contribution in [-0.2, 0) is 11.2 Å². The number of hydrogen-bond donors (Lipinski definition) is 1. The summed E-state index contributed by atoms with van der Waals surface area (Å²) in [6, 6.07) is 10.5. The van der Waals surface area contributed by atoms with Crippen molar-refractivity contribution in [2.75, 3.05) is 26.1 Å². The summed E-state index contributed by atoms with van der Waals surface area (Å²) in [6.07, 6.45) is 4.51. The van der Waals surface area contributed by atoms with Gasteiger partial charge in [0.2, 0.25) is 0 Å². The minimum Gasteiger partial charge on any atom is -0.493 e. The van der Waals surface area contributed by atoms with Crippen LogP contribution in [0.25, 0.3) is 10.9 Å². The van der Waals surface area contributed by atoms with Gasteiger partial charge in [0.1, 0.15) is 12.1 Å². The fourth-order valence-electron chi connectivity index (χ4n) is 3.39. The summed E-state index contributed by atoms with van der Waals surface area (Å²) >= 11 is 0. The SMILES string of the molecule is COC(=O)Oc1c(C)ccc(Nc2ncnc3cc(OCCc4ccncc4)c(OC)cc23)c1F. The Balaban J connectivity index is 1.61. The molecule has 0 unspecified atom stereocenters. The zero-order valence-electron chi connectivity index (χ0n) is 19.4. The smallest absolute Gasteiger partial charge is 0.493 e. The maximum absolute atomic E-state index is 15.1. The van der Waals surface area contributed by atoms with E-state index in [0.717, 1.165) is 12.7 Å². The lowest BCUT2D eigenvalue weighted by molar-refractivity contribution is 0.119. The molecule has 0 bridgehead atoms. The number of benzene rings is 2. The number of hydrogen-bond acceptors (Lipinski definition) is 9. The number of nitrogens with zero attached hydrogens (tertiary/aromatic N) is 3. The predicted octanol–water partition coefficient (Wildman–Crippen LogP) is 4.99. The van der Waals surface area contributed by atoms with Crippen LogP contribution in [-0.4, -0.2) is 41.9 Å². The summed E-state index contributed by atoms with van der Waals surface area (Å²) in [6.45, 7) is 2.05. The highest BCUT2D eigenvalue weighted by Crippen LogP contribution is 2.36. The molecule has 35 heavy (non-hydrogen) atoms. The van der Waals surface area contributed by atoms with Gasteiger partial charge in [-0.05, 0) is 42.3 Å². The monoisotopic (exact) mass is 478 g/mol. The molecule has 0 aliphatic rings. The van der Waals surface area contributed by atoms with E-state index in [1.54, 1.807) is 37.5 Å². The maximum atomic E-state index is 15.1. The van der Waals surface area contributed by atoms with Crippen molar-refractivity contribution < 1.29 is 28.1 Å². The third-order valence-electron chi connectivity index (χ3n) is 5.22. The Bertz CT molecular complexity index is 1350. The Morgan fingerprint density at radius 2 is 1.86 bits per heavy atom. The standard InChI is InChI=1S/C25H23FN4O5/c1-15-4-5-18(22(26)23(15)35-25(31)33-3)30-24-17-12-20(32-2)21(13-19(17)28-14-29-24)34-11-8-16-6-9-27-10-7-16/h4-7,9-10,12-14H,8,11H2,1-3H3,(H,28,29,30). The number of aryl methyl sites for hydroxylation is 1. The van der Waals surface area contributed by atoms with Crippen molar-refractivity contribution in [2.45, 2.75) is 13.3 Å². The van der Waals surface area contributed by atoms with Gasteiger partial charge in [0.15, 0.2) is 23.1 Å². The van der Waals surface area contributed by atoms with Gasteiger partial charge in [-0.3, -0.25) is 4.98 Å². The molecule has 2 heterocycles. The number of fused-ring (bicyclic) bond motifs is 1. The minimum absolute atomic E-state index is 0.0612. The summed E-state index contributed by atoms with van der Waals surface area (Å²) < 4.78 is 36.0. The lowest BCUT2D eigenvalue weighted by Gasteiger charge is -2.15. The number of halogens is 1. The molecule has 1 N–H and O–H groups in total. The molecule has 0 amide bonds. The van der Waals surface area contributed by atoms with Gasteiger partial charge in [-0.25, -0.2) is 19.2 Å². The van der Waals surface area contributed by atoms with Crippen LogP contribution in [0.15, 0.2) is 55.1 Å². The second-order valence-corrected chi connectivity index (χ2v) is 7.45. The van der Waals surface area contributed by atoms with E-state index in [9.17, 15) is 4.79 Å². The highest BCUT2D eigenvalue weighted by molar-refractivity contribution is 5.93. The lowest BCUT2D eigenvalue weighted by Crippen LogP contribution is -2.10. The van der Waals surface area contributed by atoms with Gasteiger partial charge in [0.05, 0.1) is 32.0 Å². The fraction of sp³-hybridized carbons (Fsp3) is 0.200. The molecule has 0 fully saturated rings. The molecule has 9 nitrogen and oxygen atoms in total. The Labute approximate surface area is 200 Å². The van der Waals surface area contributed by atoms with Crippen molar-refractivity contribution in [1.82, 2.24) is 15.0 Å². The number of anilines is 2. The largest absolute Gasteiger partial charge is 0.513 e. The Hall–Kier alpha value is -4.47. The number of carbonyl (C=O) groups excluding carboxylic acids is 1. The first-order chi connectivity index (χ1) is 17.0. The second-order valence-electron chi connectivity index (χ2n) is 7.45. The van der Waals surface area contributed by atoms with Crippen LogP contribution >= 0.6 is 0 Å². The van der Waals surface area contributed by atoms with Crippen LogP contribution < -0.4 is 19.5 Å². The van der Waals surface area contributed by atoms with Crippen LogP contribution in [0.3, 0.4) is 0 Å². The minimum atomic E-state index is -1.02. The molecule has 0 aliphatic carbocycles. The second kappa shape index (κ2) is 10.6. The number of ether oxygens (including phenoxy) is 4. The van der Waals surface area contributed by atoms with E-state index in [1.165, 1.54) is 19.5 Å². The molecule has 2 aromatic heterocycles. The number of methoxy groups -OCH3 is 2. The van der Waals surface area contributed by atoms with Gasteiger partial charge in [-0.2, -0.15) is 0 Å². The van der Waals surface area contributed by atoms with Gasteiger partial charge in [0.25, 0.3) is 0 Å². The number of rotatable bonds is 8. The van der Waals surface area contributed by atoms with Crippen molar-refractivity contribution in [1.29, 1.82) is 0 Å². The Morgan fingerprint density at radius 1 is 1.06 bits per heavy atom. The third-order valence-corrected chi connectivity index (χ3v) is 5.22. The average Bonchev–Trinajstić information content (AvgIpc) is 2.88. The summed E-state index contributed by atoms with van der Waals surface area (Å²) in [5.74, 6) is 0.342. The van der Waals surface area contributed by atoms with Crippen LogP contribution in [0, 0.1) is 12.7 Å². The van der Waals surface area contributed by atoms with E-state index in [-0.39, 0.29) is 11.4 Å². The van der Waals surface area contributed by atoms with Gasteiger partial charge in [0, 0.05) is 30.3 Å². The molecule has 0 spiro atoms. The fourth-order valence-corrected chi connectivity index (χ4v) is 3.39. The molecule has 0 saturated carbocycles. The summed E-state index contributed by atoms with van der Waals surface area (Å²) in [5.41, 5.74) is 2.16. The van der Waals surface area contributed by atoms with E-state index in [0.29, 0.717) is 46.8 Å². The number of aromatic nitrogens is 3. The molecule has 0 aliphatic heterocycles. The van der Waals surface area contributed by atoms with Crippen molar-refractivity contribution in [2.24, 2.45) is 0 Å². The highest BCUT2D eigenvalue weighted by Gasteiger charge is 2.18. The first kappa shape index (κ1) is 23.7. The van der Waals surface area contributed by atoms with Crippen LogP contribution in [0.5, 0.6) is 17.2 Å². The van der Waals surface area contributed by atoms with Crippen LogP contribution in [0.4, 0.5) is 20.7 Å². The molecule has 10 heteroatoms. The molecule has 2 aromatic carbocycles. The van der Waals surface area contributed by atoms with E-state index >= 15 is 4.39 Å². The van der Waals surface area contributed by atoms with Crippen molar-refractivity contribution in [3.8, 4) is 17.2 Å². The summed E-state index contributed by atoms with van der Waals surface area (Å²) in [7, 11) is 2.68. The summed E-state index contributed by atoms with van der Waals surface area (Å²) in [4.78, 5) is 24.1. The molecule has 0 saturated heterocycles. The Kier molecular flexibility index (Phi) is 7.20. The van der Waals surface area contributed by atoms with E-state index in [1.807, 2.05) is 12.1 Å². The van der Waals surface area contributed by atoms with Gasteiger partial charge in [-0.1, -0.05) is 6.07 Å². The van der Waals surface area contributed by atoms with Crippen molar-refractivity contribution in [3.05, 3.63) is 72.1 Å². The zero-order chi connectivity index (χ0) is 24.8. The molecule has 0 atom stereocenters. The summed E-state index contributed by atoms with van der Waals surface area (Å²) in [5, 5.41) is 3.53. The normalized spacial score (nSPS) is 10.6. The number of nitrogens with one attached hydrogen (secondary N) is 1. The van der Waals surface area contributed by atoms with Crippen molar-refractivity contribution >= 4 is 28.6 Å². The highest BCUT2D eigenvalue weighted by atomic mass is 19.1. The van der Waals surface area contributed by atoms with Crippen LogP contribution in [0.2, 0.25) is 0 Å². The third kappa shape index (κ3) is 5.37. The number of carbonyl (C=O) groups is 1. The molecule has 4 aromatic rings. The maximum Gasteiger partial charge on any atom is 0.513 e. The average molecular weight is 478 g/mol. The predicted molar refractivity (Wildman–Crippen MR) is 127 cm³/mol. The first-order valence-corrected chi connectivity index (χ1v) is 10.7. The van der Waals surface area contributed by atoms with E-state index < -0.39 is 12.0 Å². The molecule has 180 valence electrons.